The highest BCUT2D eigenvalue weighted by Crippen LogP contribution is 2.37. The highest BCUT2D eigenvalue weighted by atomic mass is 19.1. The highest BCUT2D eigenvalue weighted by Gasteiger charge is 2.15. The van der Waals surface area contributed by atoms with Crippen molar-refractivity contribution in [2.45, 2.75) is 13.3 Å². The zero-order valence-corrected chi connectivity index (χ0v) is 24.4. The summed E-state index contributed by atoms with van der Waals surface area (Å²) in [5, 5.41) is 6.97. The number of benzene rings is 3. The summed E-state index contributed by atoms with van der Waals surface area (Å²) >= 11 is 0. The number of pyridine rings is 1. The molecule has 0 spiro atoms. The Balaban J connectivity index is 1.21. The van der Waals surface area contributed by atoms with Crippen molar-refractivity contribution in [3.05, 3.63) is 83.6 Å². The summed E-state index contributed by atoms with van der Waals surface area (Å²) in [4.78, 5) is 18.9. The van der Waals surface area contributed by atoms with Crippen LogP contribution in [0.2, 0.25) is 0 Å². The first-order valence-electron chi connectivity index (χ1n) is 14.1. The van der Waals surface area contributed by atoms with E-state index < -0.39 is 17.7 Å². The number of amides is 2. The van der Waals surface area contributed by atoms with Crippen molar-refractivity contribution in [2.24, 2.45) is 5.10 Å². The van der Waals surface area contributed by atoms with Gasteiger partial charge < -0.3 is 24.3 Å². The fraction of sp³-hybridized carbons (Fsp3) is 0.281. The number of nitrogens with one attached hydrogen (secondary N) is 2. The van der Waals surface area contributed by atoms with Crippen molar-refractivity contribution in [1.82, 2.24) is 15.3 Å². The zero-order valence-electron chi connectivity index (χ0n) is 24.4. The molecule has 2 N–H and O–H groups in total. The Morgan fingerprint density at radius 1 is 1.05 bits per heavy atom. The molecule has 1 fully saturated rings. The minimum Gasteiger partial charge on any atom is -0.493 e. The monoisotopic (exact) mass is 605 g/mol. The minimum atomic E-state index is -0.670. The third-order valence-corrected chi connectivity index (χ3v) is 6.97. The maximum absolute atomic E-state index is 15.0. The SMILES string of the molecule is COc1cc2c(Oc3ccc(/C=N/NC(=O)Nc4cc(F)ccc4C)cc3F)ccnc2cc1OCCCN1CCOCC1. The largest absolute Gasteiger partial charge is 0.493 e. The molecule has 0 unspecified atom stereocenters. The Morgan fingerprint density at radius 2 is 1.89 bits per heavy atom. The first kappa shape index (κ1) is 30.6. The van der Waals surface area contributed by atoms with Gasteiger partial charge in [0.15, 0.2) is 23.1 Å². The molecule has 0 saturated carbocycles. The van der Waals surface area contributed by atoms with E-state index in [9.17, 15) is 9.18 Å². The average Bonchev–Trinajstić information content (AvgIpc) is 3.02. The van der Waals surface area contributed by atoms with E-state index in [4.69, 9.17) is 18.9 Å². The van der Waals surface area contributed by atoms with Gasteiger partial charge in [-0.2, -0.15) is 5.10 Å². The molecule has 0 radical (unpaired) electrons. The van der Waals surface area contributed by atoms with Crippen molar-refractivity contribution in [2.75, 3.05) is 51.9 Å². The third kappa shape index (κ3) is 7.97. The summed E-state index contributed by atoms with van der Waals surface area (Å²) in [6, 6.07) is 12.8. The van der Waals surface area contributed by atoms with Gasteiger partial charge >= 0.3 is 6.03 Å². The number of hydrogen-bond donors (Lipinski definition) is 2. The fourth-order valence-corrected chi connectivity index (χ4v) is 4.63. The number of urea groups is 1. The van der Waals surface area contributed by atoms with Crippen LogP contribution in [0.25, 0.3) is 10.9 Å². The molecule has 230 valence electrons. The molecule has 4 aromatic rings. The van der Waals surface area contributed by atoms with Crippen LogP contribution in [-0.2, 0) is 4.74 Å². The summed E-state index contributed by atoms with van der Waals surface area (Å²) in [5.74, 6) is 0.344. The first-order valence-corrected chi connectivity index (χ1v) is 14.1. The number of morpholine rings is 1. The third-order valence-electron chi connectivity index (χ3n) is 6.97. The number of methoxy groups -OCH3 is 1. The van der Waals surface area contributed by atoms with E-state index in [0.29, 0.717) is 51.6 Å². The average molecular weight is 606 g/mol. The van der Waals surface area contributed by atoms with Gasteiger partial charge in [-0.25, -0.2) is 19.0 Å². The number of carbonyl (C=O) groups is 1. The molecule has 3 aromatic carbocycles. The van der Waals surface area contributed by atoms with Crippen molar-refractivity contribution in [3.63, 3.8) is 0 Å². The maximum Gasteiger partial charge on any atom is 0.339 e. The summed E-state index contributed by atoms with van der Waals surface area (Å²) in [6.45, 7) is 6.55. The van der Waals surface area contributed by atoms with E-state index in [1.807, 2.05) is 0 Å². The van der Waals surface area contributed by atoms with E-state index >= 15 is 4.39 Å². The van der Waals surface area contributed by atoms with Crippen molar-refractivity contribution in [3.8, 4) is 23.0 Å². The van der Waals surface area contributed by atoms with Crippen LogP contribution in [-0.4, -0.2) is 68.7 Å². The second kappa shape index (κ2) is 14.6. The van der Waals surface area contributed by atoms with E-state index in [0.717, 1.165) is 39.3 Å². The zero-order chi connectivity index (χ0) is 30.9. The van der Waals surface area contributed by atoms with Crippen LogP contribution < -0.4 is 25.0 Å². The number of hydrazone groups is 1. The Morgan fingerprint density at radius 3 is 2.68 bits per heavy atom. The van der Waals surface area contributed by atoms with Crippen LogP contribution in [0.4, 0.5) is 19.3 Å². The highest BCUT2D eigenvalue weighted by molar-refractivity contribution is 5.91. The summed E-state index contributed by atoms with van der Waals surface area (Å²) in [6.07, 6.45) is 3.71. The smallest absolute Gasteiger partial charge is 0.339 e. The number of carbonyl (C=O) groups excluding carboxylic acids is 1. The molecule has 1 aromatic heterocycles. The number of hydrogen-bond acceptors (Lipinski definition) is 8. The van der Waals surface area contributed by atoms with Crippen molar-refractivity contribution in [1.29, 1.82) is 0 Å². The molecule has 5 rings (SSSR count). The van der Waals surface area contributed by atoms with Gasteiger partial charge in [-0.3, -0.25) is 9.88 Å². The number of aryl methyl sites for hydroxylation is 1. The number of ether oxygens (including phenoxy) is 4. The molecule has 1 saturated heterocycles. The van der Waals surface area contributed by atoms with Gasteiger partial charge in [0.05, 0.1) is 38.7 Å². The van der Waals surface area contributed by atoms with Gasteiger partial charge in [0.25, 0.3) is 0 Å². The number of anilines is 1. The lowest BCUT2D eigenvalue weighted by Crippen LogP contribution is -2.37. The molecule has 1 aliphatic heterocycles. The van der Waals surface area contributed by atoms with Crippen LogP contribution >= 0.6 is 0 Å². The molecule has 12 heteroatoms. The topological polar surface area (TPSA) is 107 Å². The lowest BCUT2D eigenvalue weighted by molar-refractivity contribution is 0.0357. The molecule has 0 aliphatic carbocycles. The molecule has 2 heterocycles. The van der Waals surface area contributed by atoms with Gasteiger partial charge in [-0.1, -0.05) is 6.07 Å². The predicted molar refractivity (Wildman–Crippen MR) is 163 cm³/mol. The second-order valence-corrected chi connectivity index (χ2v) is 10.1. The minimum absolute atomic E-state index is 0.00987. The van der Waals surface area contributed by atoms with E-state index in [1.54, 1.807) is 50.6 Å². The van der Waals surface area contributed by atoms with Crippen LogP contribution in [0.15, 0.2) is 65.9 Å². The van der Waals surface area contributed by atoms with Gasteiger partial charge in [0, 0.05) is 43.0 Å². The molecule has 0 atom stereocenters. The Labute approximate surface area is 253 Å². The number of aromatic nitrogens is 1. The van der Waals surface area contributed by atoms with Crippen LogP contribution in [0.1, 0.15) is 17.5 Å². The standard InChI is InChI=1S/C32H33F2N5O5/c1-21-4-6-23(33)17-26(21)37-32(40)38-36-20-22-5-7-29(25(34)16-22)44-28-8-9-35-27-19-31(30(41-2)18-24(27)28)43-13-3-10-39-11-14-42-15-12-39/h4-9,16-20H,3,10-15H2,1-2H3,(H2,37,38,40)/b36-20+. The predicted octanol–water partition coefficient (Wildman–Crippen LogP) is 5.88. The number of rotatable bonds is 11. The fourth-order valence-electron chi connectivity index (χ4n) is 4.63. The first-order chi connectivity index (χ1) is 21.4. The van der Waals surface area contributed by atoms with Gasteiger partial charge in [0.1, 0.15) is 11.6 Å². The van der Waals surface area contributed by atoms with E-state index in [2.05, 4.69) is 25.7 Å². The number of nitrogens with zero attached hydrogens (tertiary/aromatic N) is 3. The lowest BCUT2D eigenvalue weighted by atomic mass is 10.1. The Kier molecular flexibility index (Phi) is 10.2. The quantitative estimate of drug-likeness (QED) is 0.125. The van der Waals surface area contributed by atoms with Gasteiger partial charge in [-0.15, -0.1) is 0 Å². The van der Waals surface area contributed by atoms with Crippen LogP contribution in [0, 0.1) is 18.6 Å². The van der Waals surface area contributed by atoms with Gasteiger partial charge in [-0.05, 0) is 66.9 Å². The van der Waals surface area contributed by atoms with Crippen LogP contribution in [0.5, 0.6) is 23.0 Å². The summed E-state index contributed by atoms with van der Waals surface area (Å²) < 4.78 is 51.4. The molecule has 2 amide bonds. The summed E-state index contributed by atoms with van der Waals surface area (Å²) in [7, 11) is 1.56. The molecule has 44 heavy (non-hydrogen) atoms. The van der Waals surface area contributed by atoms with Crippen molar-refractivity contribution >= 4 is 28.8 Å². The normalized spacial score (nSPS) is 13.6. The second-order valence-electron chi connectivity index (χ2n) is 10.1. The van der Waals surface area contributed by atoms with Crippen LogP contribution in [0.3, 0.4) is 0 Å². The Hall–Kier alpha value is -4.81. The molecular weight excluding hydrogens is 572 g/mol. The number of halogens is 2. The van der Waals surface area contributed by atoms with E-state index in [1.165, 1.54) is 30.5 Å². The molecule has 0 bridgehead atoms. The Bertz CT molecular complexity index is 1650. The lowest BCUT2D eigenvalue weighted by Gasteiger charge is -2.26. The maximum atomic E-state index is 15.0. The molecular formula is C32H33F2N5O5. The number of fused-ring (bicyclic) bond motifs is 1. The molecule has 10 nitrogen and oxygen atoms in total. The summed E-state index contributed by atoms with van der Waals surface area (Å²) in [5.41, 5.74) is 4.26. The van der Waals surface area contributed by atoms with Crippen molar-refractivity contribution < 1.29 is 32.5 Å². The molecule has 1 aliphatic rings. The van der Waals surface area contributed by atoms with E-state index in [-0.39, 0.29) is 5.75 Å². The van der Waals surface area contributed by atoms with Gasteiger partial charge in [0.2, 0.25) is 0 Å².